The van der Waals surface area contributed by atoms with E-state index in [-0.39, 0.29) is 13.1 Å². The highest BCUT2D eigenvalue weighted by Crippen LogP contribution is 2.22. The first-order chi connectivity index (χ1) is 11.7. The second kappa shape index (κ2) is 8.16. The Morgan fingerprint density at radius 1 is 1.28 bits per heavy atom. The molecule has 25 heavy (non-hydrogen) atoms. The van der Waals surface area contributed by atoms with E-state index < -0.39 is 33.9 Å². The maximum absolute atomic E-state index is 12.2. The smallest absolute Gasteiger partial charge is 0.309 e. The molecular weight excluding hydrogens is 368 g/mol. The lowest BCUT2D eigenvalue weighted by atomic mass is 9.98. The van der Waals surface area contributed by atoms with Crippen LogP contribution in [0.3, 0.4) is 0 Å². The predicted molar refractivity (Wildman–Crippen MR) is 94.8 cm³/mol. The van der Waals surface area contributed by atoms with E-state index >= 15 is 0 Å². The van der Waals surface area contributed by atoms with E-state index in [1.54, 1.807) is 24.3 Å². The third-order valence-corrected chi connectivity index (χ3v) is 5.68. The van der Waals surface area contributed by atoms with Gasteiger partial charge in [-0.1, -0.05) is 23.7 Å². The number of piperidine rings is 1. The first-order valence-electron chi connectivity index (χ1n) is 7.89. The molecule has 1 aromatic rings. The van der Waals surface area contributed by atoms with Crippen LogP contribution >= 0.6 is 11.6 Å². The van der Waals surface area contributed by atoms with Crippen molar-refractivity contribution in [1.82, 2.24) is 4.31 Å². The van der Waals surface area contributed by atoms with Crippen molar-refractivity contribution in [2.24, 2.45) is 5.92 Å². The number of ether oxygens (including phenoxy) is 1. The van der Waals surface area contributed by atoms with Crippen molar-refractivity contribution in [3.05, 3.63) is 29.3 Å². The number of hydrogen-bond donors (Lipinski definition) is 1. The van der Waals surface area contributed by atoms with Crippen LogP contribution in [0.4, 0.5) is 5.69 Å². The Morgan fingerprint density at radius 3 is 2.44 bits per heavy atom. The van der Waals surface area contributed by atoms with Gasteiger partial charge in [-0.3, -0.25) is 9.59 Å². The van der Waals surface area contributed by atoms with Crippen LogP contribution in [0.5, 0.6) is 0 Å². The number of carbonyl (C=O) groups is 2. The molecule has 0 saturated carbocycles. The molecule has 0 aromatic heterocycles. The van der Waals surface area contributed by atoms with Crippen LogP contribution in [0.2, 0.25) is 5.02 Å². The van der Waals surface area contributed by atoms with Crippen molar-refractivity contribution in [2.75, 3.05) is 24.7 Å². The summed E-state index contributed by atoms with van der Waals surface area (Å²) in [7, 11) is -3.25. The molecule has 1 aromatic carbocycles. The van der Waals surface area contributed by atoms with Gasteiger partial charge in [0.25, 0.3) is 5.91 Å². The Bertz CT molecular complexity index is 745. The van der Waals surface area contributed by atoms with Crippen molar-refractivity contribution in [3.63, 3.8) is 0 Å². The van der Waals surface area contributed by atoms with Crippen molar-refractivity contribution in [1.29, 1.82) is 0 Å². The summed E-state index contributed by atoms with van der Waals surface area (Å²) in [5.74, 6) is -1.38. The summed E-state index contributed by atoms with van der Waals surface area (Å²) >= 11 is 5.97. The molecule has 1 heterocycles. The normalized spacial score (nSPS) is 17.7. The Hall–Kier alpha value is -1.64. The molecule has 1 saturated heterocycles. The fourth-order valence-electron chi connectivity index (χ4n) is 2.54. The van der Waals surface area contributed by atoms with Gasteiger partial charge in [0, 0.05) is 13.1 Å². The molecule has 1 aliphatic rings. The molecule has 1 amide bonds. The van der Waals surface area contributed by atoms with Crippen molar-refractivity contribution in [2.45, 2.75) is 25.9 Å². The minimum atomic E-state index is -3.25. The Kier molecular flexibility index (Phi) is 6.42. The van der Waals surface area contributed by atoms with E-state index in [1.807, 2.05) is 0 Å². The highest BCUT2D eigenvalue weighted by atomic mass is 35.5. The number of para-hydroxylation sites is 1. The van der Waals surface area contributed by atoms with E-state index in [2.05, 4.69) is 5.32 Å². The number of nitrogens with zero attached hydrogens (tertiary/aromatic N) is 1. The largest absolute Gasteiger partial charge is 0.452 e. The van der Waals surface area contributed by atoms with Crippen molar-refractivity contribution in [3.8, 4) is 0 Å². The zero-order valence-corrected chi connectivity index (χ0v) is 15.6. The fraction of sp³-hybridized carbons (Fsp3) is 0.500. The third kappa shape index (κ3) is 5.42. The molecule has 1 N–H and O–H groups in total. The monoisotopic (exact) mass is 388 g/mol. The maximum atomic E-state index is 12.2. The number of sulfonamides is 1. The van der Waals surface area contributed by atoms with E-state index in [1.165, 1.54) is 11.2 Å². The highest BCUT2D eigenvalue weighted by Gasteiger charge is 2.31. The zero-order chi connectivity index (χ0) is 18.6. The van der Waals surface area contributed by atoms with Crippen molar-refractivity contribution < 1.29 is 22.7 Å². The van der Waals surface area contributed by atoms with Crippen LogP contribution < -0.4 is 5.32 Å². The molecule has 0 radical (unpaired) electrons. The number of hydrogen-bond acceptors (Lipinski definition) is 5. The average Bonchev–Trinajstić information content (AvgIpc) is 2.56. The van der Waals surface area contributed by atoms with E-state index in [0.717, 1.165) is 6.26 Å². The maximum Gasteiger partial charge on any atom is 0.309 e. The molecule has 2 rings (SSSR count). The number of rotatable bonds is 5. The number of benzene rings is 1. The number of nitrogens with one attached hydrogen (secondary N) is 1. The van der Waals surface area contributed by atoms with E-state index in [4.69, 9.17) is 16.3 Å². The first-order valence-corrected chi connectivity index (χ1v) is 10.1. The van der Waals surface area contributed by atoms with Gasteiger partial charge in [0.2, 0.25) is 10.0 Å². The number of amides is 1. The summed E-state index contributed by atoms with van der Waals surface area (Å²) in [5.41, 5.74) is 0.443. The second-order valence-corrected chi connectivity index (χ2v) is 8.37. The molecule has 1 atom stereocenters. The molecule has 0 aliphatic carbocycles. The molecule has 1 unspecified atom stereocenters. The quantitative estimate of drug-likeness (QED) is 0.777. The predicted octanol–water partition coefficient (Wildman–Crippen LogP) is 1.88. The van der Waals surface area contributed by atoms with Gasteiger partial charge >= 0.3 is 5.97 Å². The van der Waals surface area contributed by atoms with Crippen LogP contribution in [-0.4, -0.2) is 50.0 Å². The second-order valence-electron chi connectivity index (χ2n) is 5.98. The molecule has 1 aliphatic heterocycles. The molecule has 1 fully saturated rings. The zero-order valence-electron chi connectivity index (χ0n) is 14.1. The third-order valence-electron chi connectivity index (χ3n) is 4.05. The Labute approximate surface area is 152 Å². The summed E-state index contributed by atoms with van der Waals surface area (Å²) < 4.78 is 29.5. The van der Waals surface area contributed by atoms with Gasteiger partial charge in [-0.25, -0.2) is 12.7 Å². The van der Waals surface area contributed by atoms with Gasteiger partial charge in [0.1, 0.15) is 0 Å². The summed E-state index contributed by atoms with van der Waals surface area (Å²) in [6.07, 6.45) is 0.930. The van der Waals surface area contributed by atoms with Crippen LogP contribution in [0.1, 0.15) is 19.8 Å². The molecule has 0 spiro atoms. The van der Waals surface area contributed by atoms with Gasteiger partial charge < -0.3 is 10.1 Å². The van der Waals surface area contributed by atoms with Crippen LogP contribution in [-0.2, 0) is 24.3 Å². The Morgan fingerprint density at radius 2 is 1.88 bits per heavy atom. The van der Waals surface area contributed by atoms with E-state index in [9.17, 15) is 18.0 Å². The molecule has 9 heteroatoms. The molecule has 0 bridgehead atoms. The minimum absolute atomic E-state index is 0.277. The number of halogens is 1. The molecule has 138 valence electrons. The number of carbonyl (C=O) groups excluding carboxylic acids is 2. The number of anilines is 1. The van der Waals surface area contributed by atoms with Gasteiger partial charge in [-0.05, 0) is 31.9 Å². The fourth-order valence-corrected chi connectivity index (χ4v) is 3.60. The van der Waals surface area contributed by atoms with Crippen LogP contribution in [0.25, 0.3) is 0 Å². The SMILES string of the molecule is CC(OC(=O)C1CCN(S(C)(=O)=O)CC1)C(=O)Nc1ccccc1Cl. The molecule has 7 nitrogen and oxygen atoms in total. The van der Waals surface area contributed by atoms with Gasteiger partial charge in [-0.15, -0.1) is 0 Å². The lowest BCUT2D eigenvalue weighted by Crippen LogP contribution is -2.41. The average molecular weight is 389 g/mol. The lowest BCUT2D eigenvalue weighted by molar-refractivity contribution is -0.158. The van der Waals surface area contributed by atoms with E-state index in [0.29, 0.717) is 23.6 Å². The first kappa shape index (κ1) is 19.7. The topological polar surface area (TPSA) is 92.8 Å². The molecular formula is C16H21ClN2O5S. The minimum Gasteiger partial charge on any atom is -0.452 e. The summed E-state index contributed by atoms with van der Waals surface area (Å²) in [6, 6.07) is 6.76. The van der Waals surface area contributed by atoms with Gasteiger partial charge in [0.05, 0.1) is 22.9 Å². The van der Waals surface area contributed by atoms with Gasteiger partial charge in [0.15, 0.2) is 6.10 Å². The highest BCUT2D eigenvalue weighted by molar-refractivity contribution is 7.88. The summed E-state index contributed by atoms with van der Waals surface area (Å²) in [4.78, 5) is 24.3. The summed E-state index contributed by atoms with van der Waals surface area (Å²) in [5, 5.41) is 3.00. The lowest BCUT2D eigenvalue weighted by Gasteiger charge is -2.29. The van der Waals surface area contributed by atoms with Gasteiger partial charge in [-0.2, -0.15) is 0 Å². The van der Waals surface area contributed by atoms with Crippen LogP contribution in [0.15, 0.2) is 24.3 Å². The standard InChI is InChI=1S/C16H21ClN2O5S/c1-11(15(20)18-14-6-4-3-5-13(14)17)24-16(21)12-7-9-19(10-8-12)25(2,22)23/h3-6,11-12H,7-10H2,1-2H3,(H,18,20). The Balaban J connectivity index is 1.86. The van der Waals surface area contributed by atoms with Crippen molar-refractivity contribution >= 4 is 39.2 Å². The number of esters is 1. The van der Waals surface area contributed by atoms with Crippen LogP contribution in [0, 0.1) is 5.92 Å². The summed E-state index contributed by atoms with van der Waals surface area (Å²) in [6.45, 7) is 2.04.